The summed E-state index contributed by atoms with van der Waals surface area (Å²) in [6.45, 7) is 2.96. The number of halogens is 1. The molecule has 0 saturated heterocycles. The van der Waals surface area contributed by atoms with Crippen LogP contribution in [0, 0.1) is 6.92 Å². The van der Waals surface area contributed by atoms with Gasteiger partial charge in [-0.2, -0.15) is 0 Å². The maximum atomic E-state index is 10.7. The number of hydrogen-bond donors (Lipinski definition) is 2. The maximum Gasteiger partial charge on any atom is 0.0985 e. The number of aliphatic hydroxyl groups excluding tert-OH is 1. The maximum absolute atomic E-state index is 10.7. The summed E-state index contributed by atoms with van der Waals surface area (Å²) in [7, 11) is 0. The Labute approximate surface area is 128 Å². The van der Waals surface area contributed by atoms with Gasteiger partial charge in [0.25, 0.3) is 0 Å². The van der Waals surface area contributed by atoms with E-state index in [1.54, 1.807) is 0 Å². The molecule has 0 spiro atoms. The van der Waals surface area contributed by atoms with Gasteiger partial charge in [-0.25, -0.2) is 0 Å². The van der Waals surface area contributed by atoms with Gasteiger partial charge in [0.05, 0.1) is 12.1 Å². The fourth-order valence-corrected chi connectivity index (χ4v) is 3.20. The van der Waals surface area contributed by atoms with Crippen LogP contribution in [0.5, 0.6) is 0 Å². The topological polar surface area (TPSA) is 32.3 Å². The van der Waals surface area contributed by atoms with Crippen molar-refractivity contribution in [3.8, 4) is 0 Å². The predicted octanol–water partition coefficient (Wildman–Crippen LogP) is 3.68. The van der Waals surface area contributed by atoms with Gasteiger partial charge in [0.1, 0.15) is 0 Å². The van der Waals surface area contributed by atoms with E-state index in [0.717, 1.165) is 23.0 Å². The molecule has 20 heavy (non-hydrogen) atoms. The number of aryl methyl sites for hydroxylation is 1. The molecule has 2 N–H and O–H groups in total. The third-order valence-electron chi connectivity index (χ3n) is 4.00. The van der Waals surface area contributed by atoms with Crippen molar-refractivity contribution >= 4 is 15.9 Å². The summed E-state index contributed by atoms with van der Waals surface area (Å²) in [6.07, 6.45) is 0.491. The fourth-order valence-electron chi connectivity index (χ4n) is 2.80. The van der Waals surface area contributed by atoms with Crippen molar-refractivity contribution in [1.82, 2.24) is 5.32 Å². The van der Waals surface area contributed by atoms with Crippen molar-refractivity contribution in [2.24, 2.45) is 0 Å². The first kappa shape index (κ1) is 13.8. The highest BCUT2D eigenvalue weighted by Crippen LogP contribution is 2.34. The minimum Gasteiger partial charge on any atom is -0.386 e. The van der Waals surface area contributed by atoms with Gasteiger partial charge in [-0.1, -0.05) is 52.3 Å². The second-order valence-corrected chi connectivity index (χ2v) is 6.19. The first-order valence-corrected chi connectivity index (χ1v) is 7.71. The summed E-state index contributed by atoms with van der Waals surface area (Å²) in [4.78, 5) is 0. The van der Waals surface area contributed by atoms with Crippen molar-refractivity contribution < 1.29 is 5.11 Å². The Morgan fingerprint density at radius 2 is 2.05 bits per heavy atom. The zero-order chi connectivity index (χ0) is 14.1. The molecule has 0 fully saturated rings. The van der Waals surface area contributed by atoms with Crippen LogP contribution in [0.15, 0.2) is 46.9 Å². The Kier molecular flexibility index (Phi) is 3.92. The van der Waals surface area contributed by atoms with Gasteiger partial charge >= 0.3 is 0 Å². The molecule has 2 aromatic carbocycles. The molecule has 2 atom stereocenters. The first-order chi connectivity index (χ1) is 9.66. The van der Waals surface area contributed by atoms with Crippen LogP contribution in [-0.4, -0.2) is 11.7 Å². The lowest BCUT2D eigenvalue weighted by molar-refractivity contribution is 0.125. The molecule has 2 unspecified atom stereocenters. The van der Waals surface area contributed by atoms with Gasteiger partial charge < -0.3 is 10.4 Å². The largest absolute Gasteiger partial charge is 0.386 e. The third-order valence-corrected chi connectivity index (χ3v) is 4.86. The van der Waals surface area contributed by atoms with E-state index in [1.165, 1.54) is 16.7 Å². The molecule has 0 aliphatic carbocycles. The average molecular weight is 332 g/mol. The summed E-state index contributed by atoms with van der Waals surface area (Å²) in [5.41, 5.74) is 4.67. The van der Waals surface area contributed by atoms with Gasteiger partial charge in [0.2, 0.25) is 0 Å². The lowest BCUT2D eigenvalue weighted by Gasteiger charge is -2.31. The first-order valence-electron chi connectivity index (χ1n) is 6.92. The zero-order valence-corrected chi connectivity index (χ0v) is 13.0. The van der Waals surface area contributed by atoms with Crippen LogP contribution in [0.1, 0.15) is 34.4 Å². The van der Waals surface area contributed by atoms with Crippen LogP contribution in [0.4, 0.5) is 0 Å². The summed E-state index contributed by atoms with van der Waals surface area (Å²) in [5.74, 6) is 0. The number of fused-ring (bicyclic) bond motifs is 1. The molecule has 0 radical (unpaired) electrons. The highest BCUT2D eigenvalue weighted by Gasteiger charge is 2.27. The zero-order valence-electron chi connectivity index (χ0n) is 11.4. The lowest BCUT2D eigenvalue weighted by atomic mass is 9.88. The molecule has 3 heteroatoms. The molecule has 0 bridgehead atoms. The van der Waals surface area contributed by atoms with Crippen molar-refractivity contribution in [1.29, 1.82) is 0 Å². The summed E-state index contributed by atoms with van der Waals surface area (Å²) in [6, 6.07) is 14.4. The van der Waals surface area contributed by atoms with Crippen LogP contribution < -0.4 is 5.32 Å². The van der Waals surface area contributed by atoms with E-state index in [-0.39, 0.29) is 6.04 Å². The molecule has 1 aliphatic rings. The van der Waals surface area contributed by atoms with E-state index in [0.29, 0.717) is 0 Å². The highest BCUT2D eigenvalue weighted by molar-refractivity contribution is 9.10. The van der Waals surface area contributed by atoms with Crippen LogP contribution in [0.2, 0.25) is 0 Å². The molecule has 1 aliphatic heterocycles. The molecular formula is C17H18BrNO. The molecule has 1 heterocycles. The SMILES string of the molecule is Cc1ccc(C(O)C2NCCc3ccccc32)cc1Br. The van der Waals surface area contributed by atoms with E-state index in [2.05, 4.69) is 46.4 Å². The number of nitrogens with one attached hydrogen (secondary N) is 1. The summed E-state index contributed by atoms with van der Waals surface area (Å²) < 4.78 is 1.04. The monoisotopic (exact) mass is 331 g/mol. The van der Waals surface area contributed by atoms with Gasteiger partial charge in [0, 0.05) is 4.47 Å². The van der Waals surface area contributed by atoms with E-state index in [4.69, 9.17) is 0 Å². The van der Waals surface area contributed by atoms with E-state index >= 15 is 0 Å². The Balaban J connectivity index is 1.95. The van der Waals surface area contributed by atoms with Crippen LogP contribution in [0.25, 0.3) is 0 Å². The Hall–Kier alpha value is -1.16. The number of hydrogen-bond acceptors (Lipinski definition) is 2. The smallest absolute Gasteiger partial charge is 0.0985 e. The number of rotatable bonds is 2. The second-order valence-electron chi connectivity index (χ2n) is 5.33. The van der Waals surface area contributed by atoms with Crippen molar-refractivity contribution in [2.75, 3.05) is 6.54 Å². The number of aliphatic hydroxyl groups is 1. The normalized spacial score (nSPS) is 19.4. The third kappa shape index (κ3) is 2.53. The van der Waals surface area contributed by atoms with Gasteiger partial charge in [-0.05, 0) is 48.2 Å². The van der Waals surface area contributed by atoms with Crippen molar-refractivity contribution in [3.63, 3.8) is 0 Å². The van der Waals surface area contributed by atoms with Gasteiger partial charge in [0.15, 0.2) is 0 Å². The molecule has 0 amide bonds. The average Bonchev–Trinajstić information content (AvgIpc) is 2.49. The van der Waals surface area contributed by atoms with Gasteiger partial charge in [-0.15, -0.1) is 0 Å². The number of benzene rings is 2. The standard InChI is InChI=1S/C17H18BrNO/c1-11-6-7-13(10-15(11)18)17(20)16-14-5-3-2-4-12(14)8-9-19-16/h2-7,10,16-17,19-20H,8-9H2,1H3. The van der Waals surface area contributed by atoms with Crippen LogP contribution in [0.3, 0.4) is 0 Å². The fraction of sp³-hybridized carbons (Fsp3) is 0.294. The molecule has 104 valence electrons. The van der Waals surface area contributed by atoms with Gasteiger partial charge in [-0.3, -0.25) is 0 Å². The van der Waals surface area contributed by atoms with Crippen LogP contribution in [-0.2, 0) is 6.42 Å². The van der Waals surface area contributed by atoms with Crippen molar-refractivity contribution in [3.05, 3.63) is 69.2 Å². The molecule has 2 nitrogen and oxygen atoms in total. The molecule has 0 aromatic heterocycles. The van der Waals surface area contributed by atoms with E-state index in [1.807, 2.05) is 24.3 Å². The lowest BCUT2D eigenvalue weighted by Crippen LogP contribution is -2.33. The Morgan fingerprint density at radius 3 is 2.85 bits per heavy atom. The molecule has 3 rings (SSSR count). The van der Waals surface area contributed by atoms with E-state index in [9.17, 15) is 5.11 Å². The minimum atomic E-state index is -0.534. The highest BCUT2D eigenvalue weighted by atomic mass is 79.9. The Bertz CT molecular complexity index is 626. The predicted molar refractivity (Wildman–Crippen MR) is 84.7 cm³/mol. The molecular weight excluding hydrogens is 314 g/mol. The molecule has 0 saturated carbocycles. The summed E-state index contributed by atoms with van der Waals surface area (Å²) in [5, 5.41) is 14.2. The second kappa shape index (κ2) is 5.68. The van der Waals surface area contributed by atoms with Crippen molar-refractivity contribution in [2.45, 2.75) is 25.5 Å². The summed E-state index contributed by atoms with van der Waals surface area (Å²) >= 11 is 3.54. The quantitative estimate of drug-likeness (QED) is 0.879. The minimum absolute atomic E-state index is 0.0328. The Morgan fingerprint density at radius 1 is 1.25 bits per heavy atom. The van der Waals surface area contributed by atoms with Crippen LogP contribution >= 0.6 is 15.9 Å². The van der Waals surface area contributed by atoms with E-state index < -0.39 is 6.10 Å². The molecule has 2 aromatic rings.